The van der Waals surface area contributed by atoms with Crippen LogP contribution in [0.4, 0.5) is 17.1 Å². The Kier molecular flexibility index (Phi) is 23.2. The van der Waals surface area contributed by atoms with E-state index < -0.39 is 18.1 Å². The fourth-order valence-electron chi connectivity index (χ4n) is 8.62. The summed E-state index contributed by atoms with van der Waals surface area (Å²) < 4.78 is 0. The largest absolute Gasteiger partial charge is 0.344 e. The Labute approximate surface area is 444 Å². The fourth-order valence-corrected chi connectivity index (χ4v) is 8.62. The number of carbonyl (C=O) groups is 6. The lowest BCUT2D eigenvalue weighted by Gasteiger charge is -2.22. The standard InChI is InChI=1S/C58H70N12O6/c59-28-4-1-7-49(68-52(71)37-40-22-31-62-32-23-40)56(74)65-46-16-10-43(11-17-46)55(44-12-18-47(19-13-44)66-57(75)50(8-2-5-29-60)69-53(72)38-41-24-33-63-34-25-41)45-14-20-48(21-15-45)67-58(76)51(9-3-6-30-61)70-54(73)39-42-26-35-64-36-27-42/h10-27,31-36,49-51,55H,1-9,28-30,37-39,59-61H2,(H,65,74)(H,66,75)(H,67,76)(H,68,71)(H,69,72)(H,70,73)/t49-,50-,51-/m1/s1. The minimum absolute atomic E-state index is 0.100. The van der Waals surface area contributed by atoms with Gasteiger partial charge >= 0.3 is 0 Å². The Morgan fingerprint density at radius 1 is 0.355 bits per heavy atom. The number of hydrogen-bond acceptors (Lipinski definition) is 12. The van der Waals surface area contributed by atoms with Crippen molar-refractivity contribution in [3.63, 3.8) is 0 Å². The number of aromatic nitrogens is 3. The minimum Gasteiger partial charge on any atom is -0.344 e. The summed E-state index contributed by atoms with van der Waals surface area (Å²) in [5.74, 6) is -2.30. The monoisotopic (exact) mass is 1030 g/mol. The zero-order valence-electron chi connectivity index (χ0n) is 42.8. The van der Waals surface area contributed by atoms with Gasteiger partial charge in [0.05, 0.1) is 19.3 Å². The predicted molar refractivity (Wildman–Crippen MR) is 294 cm³/mol. The van der Waals surface area contributed by atoms with E-state index in [0.717, 1.165) is 33.4 Å². The Balaban J connectivity index is 1.22. The number of benzene rings is 3. The molecule has 0 saturated carbocycles. The van der Waals surface area contributed by atoms with E-state index in [2.05, 4.69) is 46.9 Å². The zero-order valence-corrected chi connectivity index (χ0v) is 42.8. The van der Waals surface area contributed by atoms with Crippen molar-refractivity contribution in [2.45, 2.75) is 101 Å². The Morgan fingerprint density at radius 2 is 0.605 bits per heavy atom. The van der Waals surface area contributed by atoms with Gasteiger partial charge in [-0.1, -0.05) is 36.4 Å². The lowest BCUT2D eigenvalue weighted by atomic mass is 9.85. The smallest absolute Gasteiger partial charge is 0.246 e. The van der Waals surface area contributed by atoms with E-state index in [9.17, 15) is 28.8 Å². The summed E-state index contributed by atoms with van der Waals surface area (Å²) >= 11 is 0. The Morgan fingerprint density at radius 3 is 0.842 bits per heavy atom. The molecular formula is C58H70N12O6. The third-order valence-electron chi connectivity index (χ3n) is 12.7. The molecule has 3 atom stereocenters. The van der Waals surface area contributed by atoms with Crippen molar-refractivity contribution in [2.24, 2.45) is 17.2 Å². The molecule has 398 valence electrons. The summed E-state index contributed by atoms with van der Waals surface area (Å²) in [5, 5.41) is 17.7. The van der Waals surface area contributed by atoms with E-state index in [4.69, 9.17) is 17.2 Å². The highest BCUT2D eigenvalue weighted by Gasteiger charge is 2.25. The van der Waals surface area contributed by atoms with Crippen LogP contribution in [-0.2, 0) is 48.0 Å². The summed E-state index contributed by atoms with van der Waals surface area (Å²) in [6, 6.07) is 30.5. The molecule has 0 aliphatic heterocycles. The van der Waals surface area contributed by atoms with Crippen LogP contribution in [-0.4, -0.2) is 88.2 Å². The Hall–Kier alpha value is -8.19. The molecule has 18 nitrogen and oxygen atoms in total. The number of nitrogens with two attached hydrogens (primary N) is 3. The molecule has 76 heavy (non-hydrogen) atoms. The van der Waals surface area contributed by atoms with Gasteiger partial charge in [0.25, 0.3) is 0 Å². The first-order chi connectivity index (χ1) is 37.0. The maximum absolute atomic E-state index is 13.8. The van der Waals surface area contributed by atoms with E-state index >= 15 is 0 Å². The third kappa shape index (κ3) is 18.9. The predicted octanol–water partition coefficient (Wildman–Crippen LogP) is 5.44. The molecule has 3 aromatic heterocycles. The van der Waals surface area contributed by atoms with Crippen molar-refractivity contribution in [2.75, 3.05) is 35.6 Å². The molecule has 0 aliphatic rings. The number of anilines is 3. The highest BCUT2D eigenvalue weighted by molar-refractivity contribution is 5.99. The van der Waals surface area contributed by atoms with Gasteiger partial charge in [-0.05, 0) is 184 Å². The first kappa shape index (κ1) is 57.1. The topological polar surface area (TPSA) is 291 Å². The van der Waals surface area contributed by atoms with Gasteiger partial charge < -0.3 is 49.1 Å². The average Bonchev–Trinajstić information content (AvgIpc) is 3.42. The number of rotatable bonds is 30. The van der Waals surface area contributed by atoms with Gasteiger partial charge in [-0.3, -0.25) is 43.7 Å². The SMILES string of the molecule is NCCCC[C@@H](NC(=O)Cc1ccncc1)C(=O)Nc1ccc(C(c2ccc(NC(=O)[C@@H](CCCCN)NC(=O)Cc3ccncc3)cc2)c2ccc(NC(=O)[C@@H](CCCCN)NC(=O)Cc3ccncc3)cc2)cc1. The van der Waals surface area contributed by atoms with Crippen LogP contribution in [0.25, 0.3) is 0 Å². The summed E-state index contributed by atoms with van der Waals surface area (Å²) in [6.45, 7) is 1.39. The quantitative estimate of drug-likeness (QED) is 0.0202. The third-order valence-corrected chi connectivity index (χ3v) is 12.7. The second-order valence-corrected chi connectivity index (χ2v) is 18.6. The molecule has 0 spiro atoms. The molecule has 0 unspecified atom stereocenters. The lowest BCUT2D eigenvalue weighted by molar-refractivity contribution is -0.126. The molecule has 0 radical (unpaired) electrons. The van der Waals surface area contributed by atoms with E-state index in [-0.39, 0.29) is 60.6 Å². The van der Waals surface area contributed by atoms with Gasteiger partial charge in [-0.15, -0.1) is 0 Å². The van der Waals surface area contributed by atoms with Crippen LogP contribution >= 0.6 is 0 Å². The molecule has 6 amide bonds. The number of carbonyl (C=O) groups excluding carboxylic acids is 6. The number of unbranched alkanes of at least 4 members (excludes halogenated alkanes) is 3. The summed E-state index contributed by atoms with van der Waals surface area (Å²) in [7, 11) is 0. The van der Waals surface area contributed by atoms with Crippen LogP contribution in [0.5, 0.6) is 0 Å². The molecule has 3 aromatic carbocycles. The highest BCUT2D eigenvalue weighted by atomic mass is 16.2. The highest BCUT2D eigenvalue weighted by Crippen LogP contribution is 2.34. The zero-order chi connectivity index (χ0) is 53.9. The van der Waals surface area contributed by atoms with Crippen molar-refractivity contribution in [3.05, 3.63) is 180 Å². The molecular weight excluding hydrogens is 961 g/mol. The molecule has 6 aromatic rings. The second kappa shape index (κ2) is 30.9. The van der Waals surface area contributed by atoms with Gasteiger partial charge in [0.2, 0.25) is 35.4 Å². The van der Waals surface area contributed by atoms with Crippen LogP contribution < -0.4 is 49.1 Å². The number of hydrogen-bond donors (Lipinski definition) is 9. The maximum Gasteiger partial charge on any atom is 0.246 e. The summed E-state index contributed by atoms with van der Waals surface area (Å²) in [5.41, 5.74) is 23.8. The second-order valence-electron chi connectivity index (χ2n) is 18.6. The van der Waals surface area contributed by atoms with Crippen molar-refractivity contribution in [3.8, 4) is 0 Å². The molecule has 6 rings (SSSR count). The first-order valence-electron chi connectivity index (χ1n) is 25.9. The van der Waals surface area contributed by atoms with Crippen LogP contribution in [0, 0.1) is 0 Å². The van der Waals surface area contributed by atoms with Crippen molar-refractivity contribution in [1.29, 1.82) is 0 Å². The fraction of sp³-hybridized carbons (Fsp3) is 0.328. The lowest BCUT2D eigenvalue weighted by Crippen LogP contribution is -2.44. The van der Waals surface area contributed by atoms with Crippen molar-refractivity contribution < 1.29 is 28.8 Å². The van der Waals surface area contributed by atoms with Gasteiger partial charge in [0.15, 0.2) is 0 Å². The number of nitrogens with one attached hydrogen (secondary N) is 6. The van der Waals surface area contributed by atoms with E-state index in [1.54, 1.807) is 110 Å². The number of amides is 6. The maximum atomic E-state index is 13.8. The van der Waals surface area contributed by atoms with Crippen LogP contribution in [0.2, 0.25) is 0 Å². The average molecular weight is 1030 g/mol. The van der Waals surface area contributed by atoms with E-state index in [1.807, 2.05) is 36.4 Å². The van der Waals surface area contributed by atoms with Crippen LogP contribution in [0.3, 0.4) is 0 Å². The van der Waals surface area contributed by atoms with Crippen molar-refractivity contribution >= 4 is 52.5 Å². The molecule has 12 N–H and O–H groups in total. The van der Waals surface area contributed by atoms with Gasteiger partial charge in [0.1, 0.15) is 18.1 Å². The summed E-state index contributed by atoms with van der Waals surface area (Å²) in [6.07, 6.45) is 15.2. The van der Waals surface area contributed by atoms with Crippen LogP contribution in [0.1, 0.15) is 97.1 Å². The molecule has 0 aliphatic carbocycles. The first-order valence-corrected chi connectivity index (χ1v) is 25.9. The van der Waals surface area contributed by atoms with Gasteiger partial charge in [-0.25, -0.2) is 0 Å². The van der Waals surface area contributed by atoms with E-state index in [0.29, 0.717) is 94.5 Å². The van der Waals surface area contributed by atoms with Crippen LogP contribution in [0.15, 0.2) is 146 Å². The molecule has 3 heterocycles. The van der Waals surface area contributed by atoms with Gasteiger partial charge in [0, 0.05) is 60.2 Å². The minimum atomic E-state index is -0.791. The molecule has 18 heteroatoms. The molecule has 0 saturated heterocycles. The number of pyridine rings is 3. The Bertz CT molecular complexity index is 2450. The van der Waals surface area contributed by atoms with Gasteiger partial charge in [-0.2, -0.15) is 0 Å². The number of nitrogens with zero attached hydrogens (tertiary/aromatic N) is 3. The normalized spacial score (nSPS) is 12.2. The van der Waals surface area contributed by atoms with E-state index in [1.165, 1.54) is 0 Å². The van der Waals surface area contributed by atoms with Crippen molar-refractivity contribution in [1.82, 2.24) is 30.9 Å². The summed E-state index contributed by atoms with van der Waals surface area (Å²) in [4.78, 5) is 92.5. The molecule has 0 fully saturated rings. The molecule has 0 bridgehead atoms.